The number of rotatable bonds is 8. The fourth-order valence-electron chi connectivity index (χ4n) is 2.89. The van der Waals surface area contributed by atoms with Gasteiger partial charge in [0.1, 0.15) is 11.6 Å². The Bertz CT molecular complexity index is 943. The molecule has 1 heterocycles. The summed E-state index contributed by atoms with van der Waals surface area (Å²) < 4.78 is 20.5. The van der Waals surface area contributed by atoms with E-state index in [0.717, 1.165) is 29.1 Å². The standard InChI is InChI=1S/C22H26FN5O.HI/c1-3-29-21-7-5-4-6-17(21)16-26-22(24-2)25-14-12-19-13-15-28(27-19)20-10-8-18(23)9-11-20;/h4-11,13,15H,3,12,14,16H2,1-2H3,(H2,24,25,26);1H. The Morgan fingerprint density at radius 1 is 1.10 bits per heavy atom. The maximum atomic E-state index is 13.1. The first-order valence-electron chi connectivity index (χ1n) is 9.65. The largest absolute Gasteiger partial charge is 0.494 e. The Hall–Kier alpha value is -2.62. The quantitative estimate of drug-likeness (QED) is 0.267. The highest BCUT2D eigenvalue weighted by Crippen LogP contribution is 2.17. The Labute approximate surface area is 193 Å². The zero-order chi connectivity index (χ0) is 20.5. The molecule has 0 bridgehead atoms. The van der Waals surface area contributed by atoms with E-state index in [4.69, 9.17) is 4.74 Å². The molecule has 0 saturated heterocycles. The summed E-state index contributed by atoms with van der Waals surface area (Å²) in [5, 5.41) is 11.1. The Balaban J connectivity index is 0.00000320. The van der Waals surface area contributed by atoms with Crippen molar-refractivity contribution in [3.63, 3.8) is 0 Å². The van der Waals surface area contributed by atoms with Gasteiger partial charge < -0.3 is 15.4 Å². The number of benzene rings is 2. The van der Waals surface area contributed by atoms with Crippen molar-refractivity contribution in [2.24, 2.45) is 4.99 Å². The van der Waals surface area contributed by atoms with E-state index in [1.165, 1.54) is 12.1 Å². The third kappa shape index (κ3) is 6.72. The number of aliphatic imine (C=N–C) groups is 1. The van der Waals surface area contributed by atoms with Gasteiger partial charge in [-0.05, 0) is 43.3 Å². The fraction of sp³-hybridized carbons (Fsp3) is 0.273. The summed E-state index contributed by atoms with van der Waals surface area (Å²) in [6.07, 6.45) is 2.62. The Morgan fingerprint density at radius 2 is 1.87 bits per heavy atom. The topological polar surface area (TPSA) is 63.5 Å². The smallest absolute Gasteiger partial charge is 0.191 e. The molecule has 160 valence electrons. The minimum absolute atomic E-state index is 0. The monoisotopic (exact) mass is 523 g/mol. The van der Waals surface area contributed by atoms with Gasteiger partial charge in [-0.25, -0.2) is 9.07 Å². The van der Waals surface area contributed by atoms with E-state index < -0.39 is 0 Å². The molecule has 0 spiro atoms. The summed E-state index contributed by atoms with van der Waals surface area (Å²) >= 11 is 0. The molecule has 0 amide bonds. The normalized spacial score (nSPS) is 11.0. The van der Waals surface area contributed by atoms with Crippen LogP contribution in [-0.2, 0) is 13.0 Å². The lowest BCUT2D eigenvalue weighted by Gasteiger charge is -2.14. The van der Waals surface area contributed by atoms with Gasteiger partial charge in [-0.1, -0.05) is 18.2 Å². The molecule has 6 nitrogen and oxygen atoms in total. The summed E-state index contributed by atoms with van der Waals surface area (Å²) in [7, 11) is 1.74. The second-order valence-corrected chi connectivity index (χ2v) is 6.37. The molecule has 0 aliphatic heterocycles. The molecule has 3 rings (SSSR count). The molecule has 2 N–H and O–H groups in total. The molecule has 0 aliphatic carbocycles. The number of aromatic nitrogens is 2. The number of guanidine groups is 1. The van der Waals surface area contributed by atoms with Crippen molar-refractivity contribution in [3.8, 4) is 11.4 Å². The second kappa shape index (κ2) is 12.2. The first-order valence-corrected chi connectivity index (χ1v) is 9.65. The summed E-state index contributed by atoms with van der Waals surface area (Å²) in [5.41, 5.74) is 2.85. The molecule has 30 heavy (non-hydrogen) atoms. The lowest BCUT2D eigenvalue weighted by molar-refractivity contribution is 0.336. The highest BCUT2D eigenvalue weighted by atomic mass is 127. The van der Waals surface area contributed by atoms with E-state index in [-0.39, 0.29) is 29.8 Å². The highest BCUT2D eigenvalue weighted by Gasteiger charge is 2.05. The van der Waals surface area contributed by atoms with Gasteiger partial charge in [0.15, 0.2) is 5.96 Å². The third-order valence-electron chi connectivity index (χ3n) is 4.35. The summed E-state index contributed by atoms with van der Waals surface area (Å²) in [6.45, 7) is 3.92. The highest BCUT2D eigenvalue weighted by molar-refractivity contribution is 14.0. The van der Waals surface area contributed by atoms with Gasteiger partial charge in [-0.3, -0.25) is 4.99 Å². The average molecular weight is 523 g/mol. The summed E-state index contributed by atoms with van der Waals surface area (Å²) in [6, 6.07) is 16.2. The summed E-state index contributed by atoms with van der Waals surface area (Å²) in [4.78, 5) is 4.26. The van der Waals surface area contributed by atoms with Crippen LogP contribution in [0.15, 0.2) is 65.8 Å². The molecule has 0 saturated carbocycles. The summed E-state index contributed by atoms with van der Waals surface area (Å²) in [5.74, 6) is 1.34. The van der Waals surface area contributed by atoms with Crippen molar-refractivity contribution in [3.05, 3.63) is 77.9 Å². The van der Waals surface area contributed by atoms with Gasteiger partial charge in [-0.2, -0.15) is 5.10 Å². The molecule has 8 heteroatoms. The van der Waals surface area contributed by atoms with Gasteiger partial charge in [0, 0.05) is 38.3 Å². The zero-order valence-corrected chi connectivity index (χ0v) is 19.5. The van der Waals surface area contributed by atoms with Crippen LogP contribution in [0.4, 0.5) is 4.39 Å². The molecule has 0 atom stereocenters. The van der Waals surface area contributed by atoms with Crippen LogP contribution < -0.4 is 15.4 Å². The molecular formula is C22H27FIN5O. The van der Waals surface area contributed by atoms with Crippen molar-refractivity contribution >= 4 is 29.9 Å². The molecule has 0 radical (unpaired) electrons. The van der Waals surface area contributed by atoms with E-state index in [9.17, 15) is 4.39 Å². The van der Waals surface area contributed by atoms with Crippen LogP contribution in [0, 0.1) is 5.82 Å². The SMILES string of the molecule is CCOc1ccccc1CNC(=NC)NCCc1ccn(-c2ccc(F)cc2)n1.I. The number of ether oxygens (including phenoxy) is 1. The van der Waals surface area contributed by atoms with Crippen LogP contribution in [0.2, 0.25) is 0 Å². The van der Waals surface area contributed by atoms with E-state index in [0.29, 0.717) is 25.7 Å². The fourth-order valence-corrected chi connectivity index (χ4v) is 2.89. The molecular weight excluding hydrogens is 496 g/mol. The van der Waals surface area contributed by atoms with Crippen LogP contribution in [-0.4, -0.2) is 35.9 Å². The minimum atomic E-state index is -0.256. The second-order valence-electron chi connectivity index (χ2n) is 6.37. The van der Waals surface area contributed by atoms with Gasteiger partial charge in [0.05, 0.1) is 18.0 Å². The molecule has 3 aromatic rings. The van der Waals surface area contributed by atoms with Crippen LogP contribution in [0.25, 0.3) is 5.69 Å². The number of nitrogens with zero attached hydrogens (tertiary/aromatic N) is 3. The molecule has 0 fully saturated rings. The average Bonchev–Trinajstić information content (AvgIpc) is 3.21. The van der Waals surface area contributed by atoms with Crippen LogP contribution in [0.1, 0.15) is 18.2 Å². The lowest BCUT2D eigenvalue weighted by Crippen LogP contribution is -2.38. The molecule has 0 unspecified atom stereocenters. The Morgan fingerprint density at radius 3 is 2.60 bits per heavy atom. The van der Waals surface area contributed by atoms with Gasteiger partial charge in [-0.15, -0.1) is 24.0 Å². The molecule has 1 aromatic heterocycles. The minimum Gasteiger partial charge on any atom is -0.494 e. The first kappa shape index (κ1) is 23.7. The first-order chi connectivity index (χ1) is 14.2. The van der Waals surface area contributed by atoms with Crippen molar-refractivity contribution in [1.82, 2.24) is 20.4 Å². The van der Waals surface area contributed by atoms with Gasteiger partial charge >= 0.3 is 0 Å². The number of para-hydroxylation sites is 1. The lowest BCUT2D eigenvalue weighted by atomic mass is 10.2. The Kier molecular flexibility index (Phi) is 9.59. The van der Waals surface area contributed by atoms with E-state index >= 15 is 0 Å². The molecule has 2 aromatic carbocycles. The van der Waals surface area contributed by atoms with Crippen LogP contribution in [0.5, 0.6) is 5.75 Å². The van der Waals surface area contributed by atoms with Crippen molar-refractivity contribution in [2.75, 3.05) is 20.2 Å². The van der Waals surface area contributed by atoms with E-state index in [1.54, 1.807) is 23.9 Å². The van der Waals surface area contributed by atoms with Crippen molar-refractivity contribution in [1.29, 1.82) is 0 Å². The zero-order valence-electron chi connectivity index (χ0n) is 17.1. The van der Waals surface area contributed by atoms with Crippen LogP contribution >= 0.6 is 24.0 Å². The number of nitrogens with one attached hydrogen (secondary N) is 2. The van der Waals surface area contributed by atoms with Crippen LogP contribution in [0.3, 0.4) is 0 Å². The van der Waals surface area contributed by atoms with E-state index in [1.807, 2.05) is 43.5 Å². The maximum absolute atomic E-state index is 13.1. The van der Waals surface area contributed by atoms with Gasteiger partial charge in [0.2, 0.25) is 0 Å². The van der Waals surface area contributed by atoms with Crippen molar-refractivity contribution in [2.45, 2.75) is 19.9 Å². The third-order valence-corrected chi connectivity index (χ3v) is 4.35. The van der Waals surface area contributed by atoms with Crippen molar-refractivity contribution < 1.29 is 9.13 Å². The predicted molar refractivity (Wildman–Crippen MR) is 128 cm³/mol. The maximum Gasteiger partial charge on any atom is 0.191 e. The molecule has 0 aliphatic rings. The van der Waals surface area contributed by atoms with Gasteiger partial charge in [0.25, 0.3) is 0 Å². The predicted octanol–water partition coefficient (Wildman–Crippen LogP) is 3.94. The number of halogens is 2. The van der Waals surface area contributed by atoms with E-state index in [2.05, 4.69) is 20.7 Å². The number of hydrogen-bond donors (Lipinski definition) is 2. The number of hydrogen-bond acceptors (Lipinski definition) is 3.